The predicted octanol–water partition coefficient (Wildman–Crippen LogP) is 4.88. The first-order chi connectivity index (χ1) is 9.70. The highest BCUT2D eigenvalue weighted by atomic mass is 31.2. The van der Waals surface area contributed by atoms with Crippen LogP contribution in [-0.2, 0) is 13.6 Å². The number of hydrogen-bond acceptors (Lipinski definition) is 4. The van der Waals surface area contributed by atoms with Crippen LogP contribution in [0.2, 0.25) is 0 Å². The molecule has 1 N–H and O–H groups in total. The van der Waals surface area contributed by atoms with Crippen molar-refractivity contribution in [2.75, 3.05) is 24.8 Å². The lowest BCUT2D eigenvalue weighted by Crippen LogP contribution is -2.09. The fraction of sp³-hybridized carbons (Fsp3) is 0.600. The Labute approximate surface area is 122 Å². The van der Waals surface area contributed by atoms with Crippen molar-refractivity contribution in [2.45, 2.75) is 39.5 Å². The molecule has 0 bridgehead atoms. The van der Waals surface area contributed by atoms with Crippen LogP contribution in [-0.4, -0.2) is 19.5 Å². The van der Waals surface area contributed by atoms with Crippen molar-refractivity contribution in [2.24, 2.45) is 0 Å². The molecule has 0 aliphatic heterocycles. The van der Waals surface area contributed by atoms with Gasteiger partial charge in [-0.3, -0.25) is 4.57 Å². The molecule has 0 spiro atoms. The van der Waals surface area contributed by atoms with Crippen LogP contribution in [0.3, 0.4) is 0 Å². The fourth-order valence-electron chi connectivity index (χ4n) is 1.57. The molecule has 0 amide bonds. The lowest BCUT2D eigenvalue weighted by molar-refractivity contribution is 0.201. The molecule has 0 aromatic heterocycles. The monoisotopic (exact) mass is 299 g/mol. The highest BCUT2D eigenvalue weighted by molar-refractivity contribution is 7.53. The van der Waals surface area contributed by atoms with E-state index >= 15 is 0 Å². The number of para-hydroxylation sites is 1. The smallest absolute Gasteiger partial charge is 0.349 e. The standard InChI is InChI=1S/C15H26NO3P/c1-3-5-12-18-20(17,19-13-6-4-2)14-16-15-10-8-7-9-11-15/h7-11,16H,3-6,12-14H2,1-2H3. The Morgan fingerprint density at radius 1 is 1.00 bits per heavy atom. The van der Waals surface area contributed by atoms with Gasteiger partial charge in [0.05, 0.1) is 13.2 Å². The fourth-order valence-corrected chi connectivity index (χ4v) is 3.02. The SMILES string of the molecule is CCCCOP(=O)(CNc1ccccc1)OCCCC. The number of rotatable bonds is 11. The average molecular weight is 299 g/mol. The van der Waals surface area contributed by atoms with Gasteiger partial charge in [0.15, 0.2) is 0 Å². The van der Waals surface area contributed by atoms with Gasteiger partial charge < -0.3 is 14.4 Å². The second-order valence-electron chi connectivity index (χ2n) is 4.69. The Kier molecular flexibility index (Phi) is 8.59. The van der Waals surface area contributed by atoms with Crippen LogP contribution in [0.1, 0.15) is 39.5 Å². The maximum absolute atomic E-state index is 12.6. The number of hydrogen-bond donors (Lipinski definition) is 1. The molecule has 0 fully saturated rings. The molecular formula is C15H26NO3P. The van der Waals surface area contributed by atoms with Gasteiger partial charge in [-0.15, -0.1) is 0 Å². The third kappa shape index (κ3) is 7.09. The Morgan fingerprint density at radius 2 is 1.55 bits per heavy atom. The molecule has 0 heterocycles. The Hall–Kier alpha value is -0.830. The minimum atomic E-state index is -3.06. The van der Waals surface area contributed by atoms with Crippen LogP contribution in [0, 0.1) is 0 Å². The van der Waals surface area contributed by atoms with Gasteiger partial charge in [0.25, 0.3) is 0 Å². The first-order valence-electron chi connectivity index (χ1n) is 7.37. The summed E-state index contributed by atoms with van der Waals surface area (Å²) in [7, 11) is -3.06. The predicted molar refractivity (Wildman–Crippen MR) is 84.3 cm³/mol. The summed E-state index contributed by atoms with van der Waals surface area (Å²) in [6.45, 7) is 5.12. The van der Waals surface area contributed by atoms with Gasteiger partial charge in [-0.2, -0.15) is 0 Å². The Balaban J connectivity index is 2.49. The summed E-state index contributed by atoms with van der Waals surface area (Å²) in [6, 6.07) is 9.68. The molecule has 20 heavy (non-hydrogen) atoms. The van der Waals surface area contributed by atoms with Crippen LogP contribution < -0.4 is 5.32 Å². The van der Waals surface area contributed by atoms with Crippen molar-refractivity contribution in [1.82, 2.24) is 0 Å². The van der Waals surface area contributed by atoms with Crippen molar-refractivity contribution >= 4 is 13.3 Å². The van der Waals surface area contributed by atoms with Gasteiger partial charge in [0.2, 0.25) is 0 Å². The minimum Gasteiger partial charge on any atom is -0.374 e. The van der Waals surface area contributed by atoms with E-state index in [1.165, 1.54) is 0 Å². The van der Waals surface area contributed by atoms with E-state index in [4.69, 9.17) is 9.05 Å². The van der Waals surface area contributed by atoms with Crippen molar-refractivity contribution in [3.8, 4) is 0 Å². The van der Waals surface area contributed by atoms with Gasteiger partial charge >= 0.3 is 7.60 Å². The molecule has 0 radical (unpaired) electrons. The van der Waals surface area contributed by atoms with Gasteiger partial charge in [-0.25, -0.2) is 0 Å². The molecule has 4 nitrogen and oxygen atoms in total. The third-order valence-electron chi connectivity index (χ3n) is 2.82. The largest absolute Gasteiger partial charge is 0.374 e. The lowest BCUT2D eigenvalue weighted by Gasteiger charge is -2.19. The molecule has 114 valence electrons. The van der Waals surface area contributed by atoms with Gasteiger partial charge in [0.1, 0.15) is 6.29 Å². The normalized spacial score (nSPS) is 11.5. The zero-order valence-corrected chi connectivity index (χ0v) is 13.4. The van der Waals surface area contributed by atoms with E-state index < -0.39 is 7.60 Å². The van der Waals surface area contributed by atoms with Crippen molar-refractivity contribution in [1.29, 1.82) is 0 Å². The van der Waals surface area contributed by atoms with E-state index in [9.17, 15) is 4.57 Å². The summed E-state index contributed by atoms with van der Waals surface area (Å²) >= 11 is 0. The average Bonchev–Trinajstić information content (AvgIpc) is 2.47. The van der Waals surface area contributed by atoms with Crippen LogP contribution in [0.4, 0.5) is 5.69 Å². The molecule has 1 aromatic rings. The Bertz CT molecular complexity index is 383. The quantitative estimate of drug-likeness (QED) is 0.467. The van der Waals surface area contributed by atoms with Crippen LogP contribution in [0.25, 0.3) is 0 Å². The molecule has 0 unspecified atom stereocenters. The highest BCUT2D eigenvalue weighted by Gasteiger charge is 2.24. The van der Waals surface area contributed by atoms with Crippen molar-refractivity contribution in [3.63, 3.8) is 0 Å². The minimum absolute atomic E-state index is 0.213. The van der Waals surface area contributed by atoms with Gasteiger partial charge in [-0.05, 0) is 25.0 Å². The summed E-state index contributed by atoms with van der Waals surface area (Å²) in [4.78, 5) is 0. The second-order valence-corrected chi connectivity index (χ2v) is 6.74. The van der Waals surface area contributed by atoms with Gasteiger partial charge in [0, 0.05) is 5.69 Å². The molecule has 0 aliphatic rings. The number of nitrogens with one attached hydrogen (secondary N) is 1. The zero-order valence-electron chi connectivity index (χ0n) is 12.5. The number of anilines is 1. The molecule has 0 aliphatic carbocycles. The maximum Gasteiger partial charge on any atom is 0.349 e. The van der Waals surface area contributed by atoms with E-state index in [1.807, 2.05) is 30.3 Å². The summed E-state index contributed by atoms with van der Waals surface area (Å²) < 4.78 is 23.6. The molecule has 5 heteroatoms. The van der Waals surface area contributed by atoms with Crippen LogP contribution >= 0.6 is 7.60 Å². The molecular weight excluding hydrogens is 273 g/mol. The number of unbranched alkanes of at least 4 members (excludes halogenated alkanes) is 2. The maximum atomic E-state index is 12.6. The summed E-state index contributed by atoms with van der Waals surface area (Å²) in [5.74, 6) is 0. The summed E-state index contributed by atoms with van der Waals surface area (Å²) in [5.41, 5.74) is 0.922. The molecule has 1 rings (SSSR count). The Morgan fingerprint density at radius 3 is 2.05 bits per heavy atom. The topological polar surface area (TPSA) is 47.6 Å². The van der Waals surface area contributed by atoms with E-state index in [1.54, 1.807) is 0 Å². The number of benzene rings is 1. The first-order valence-corrected chi connectivity index (χ1v) is 9.10. The molecule has 0 saturated carbocycles. The molecule has 0 atom stereocenters. The molecule has 0 saturated heterocycles. The summed E-state index contributed by atoms with van der Waals surface area (Å²) in [5, 5.41) is 3.13. The second kappa shape index (κ2) is 9.98. The van der Waals surface area contributed by atoms with Crippen LogP contribution in [0.5, 0.6) is 0 Å². The van der Waals surface area contributed by atoms with E-state index in [0.717, 1.165) is 31.4 Å². The van der Waals surface area contributed by atoms with Gasteiger partial charge in [-0.1, -0.05) is 44.9 Å². The summed E-state index contributed by atoms with van der Waals surface area (Å²) in [6.07, 6.45) is 4.03. The zero-order chi connectivity index (χ0) is 14.7. The van der Waals surface area contributed by atoms with E-state index in [2.05, 4.69) is 19.2 Å². The van der Waals surface area contributed by atoms with Crippen LogP contribution in [0.15, 0.2) is 30.3 Å². The van der Waals surface area contributed by atoms with E-state index in [0.29, 0.717) is 13.2 Å². The van der Waals surface area contributed by atoms with Crippen molar-refractivity contribution in [3.05, 3.63) is 30.3 Å². The molecule has 1 aromatic carbocycles. The van der Waals surface area contributed by atoms with E-state index in [-0.39, 0.29) is 6.29 Å². The third-order valence-corrected chi connectivity index (χ3v) is 4.52. The highest BCUT2D eigenvalue weighted by Crippen LogP contribution is 2.48. The first kappa shape index (κ1) is 17.2. The van der Waals surface area contributed by atoms with Crippen molar-refractivity contribution < 1.29 is 13.6 Å². The lowest BCUT2D eigenvalue weighted by atomic mass is 10.3.